The highest BCUT2D eigenvalue weighted by Crippen LogP contribution is 2.39. The van der Waals surface area contributed by atoms with E-state index >= 15 is 0 Å². The van der Waals surface area contributed by atoms with Crippen molar-refractivity contribution in [3.05, 3.63) is 168 Å². The Labute approximate surface area is 288 Å². The van der Waals surface area contributed by atoms with Gasteiger partial charge < -0.3 is 10.1 Å². The van der Waals surface area contributed by atoms with Gasteiger partial charge >= 0.3 is 5.97 Å². The Kier molecular flexibility index (Phi) is 11.4. The Morgan fingerprint density at radius 1 is 0.592 bits per heavy atom. The van der Waals surface area contributed by atoms with Gasteiger partial charge in [-0.2, -0.15) is 0 Å². The zero-order chi connectivity index (χ0) is 34.7. The van der Waals surface area contributed by atoms with E-state index in [0.717, 1.165) is 33.4 Å². The number of amides is 2. The zero-order valence-electron chi connectivity index (χ0n) is 28.1. The molecule has 2 N–H and O–H groups in total. The minimum atomic E-state index is -1.20. The first-order chi connectivity index (χ1) is 23.6. The average Bonchev–Trinajstić information content (AvgIpc) is 3.12. The molecule has 0 aliphatic rings. The fourth-order valence-electron chi connectivity index (χ4n) is 5.72. The second-order valence-electron chi connectivity index (χ2n) is 12.9. The molecule has 5 aromatic rings. The number of hydrogen-bond donors (Lipinski definition) is 2. The fraction of sp³-hybridized carbons (Fsp3) is 0.214. The fourth-order valence-corrected chi connectivity index (χ4v) is 5.72. The molecule has 0 heterocycles. The molecule has 0 saturated heterocycles. The minimum absolute atomic E-state index is 0.232. The molecule has 0 aliphatic carbocycles. The van der Waals surface area contributed by atoms with Crippen molar-refractivity contribution in [3.8, 4) is 11.1 Å². The lowest BCUT2D eigenvalue weighted by Gasteiger charge is -2.35. The molecular weight excluding hydrogens is 612 g/mol. The van der Waals surface area contributed by atoms with Gasteiger partial charge in [0.1, 0.15) is 5.60 Å². The number of hydrogen-bond acceptors (Lipinski definition) is 5. The van der Waals surface area contributed by atoms with Crippen molar-refractivity contribution in [2.45, 2.75) is 51.4 Å². The van der Waals surface area contributed by atoms with E-state index in [-0.39, 0.29) is 19.4 Å². The second-order valence-corrected chi connectivity index (χ2v) is 12.9. The van der Waals surface area contributed by atoms with Crippen LogP contribution in [0.1, 0.15) is 55.9 Å². The van der Waals surface area contributed by atoms with Crippen LogP contribution in [0.25, 0.3) is 11.1 Å². The largest absolute Gasteiger partial charge is 0.460 e. The summed E-state index contributed by atoms with van der Waals surface area (Å²) in [6.07, 6.45) is -0.572. The first kappa shape index (κ1) is 34.8. The summed E-state index contributed by atoms with van der Waals surface area (Å²) in [4.78, 5) is 46.6. The summed E-state index contributed by atoms with van der Waals surface area (Å²) in [6.45, 7) is 5.51. The number of carbonyl (C=O) groups excluding carboxylic acids is 3. The summed E-state index contributed by atoms with van der Waals surface area (Å²) in [5, 5.41) is 2.91. The molecule has 0 aliphatic heterocycles. The molecule has 5 rings (SSSR count). The Balaban J connectivity index is 1.34. The van der Waals surface area contributed by atoms with E-state index in [0.29, 0.717) is 0 Å². The molecule has 7 nitrogen and oxygen atoms in total. The monoisotopic (exact) mass is 654 g/mol. The molecule has 2 amide bonds. The molecule has 0 aromatic heterocycles. The van der Waals surface area contributed by atoms with E-state index in [1.54, 1.807) is 20.8 Å². The van der Waals surface area contributed by atoms with Crippen molar-refractivity contribution in [3.63, 3.8) is 0 Å². The van der Waals surface area contributed by atoms with Crippen LogP contribution in [0.5, 0.6) is 0 Å². The van der Waals surface area contributed by atoms with Gasteiger partial charge in [0.25, 0.3) is 0 Å². The van der Waals surface area contributed by atoms with Crippen molar-refractivity contribution in [2.75, 3.05) is 0 Å². The lowest BCUT2D eigenvalue weighted by molar-refractivity contribution is -0.158. The summed E-state index contributed by atoms with van der Waals surface area (Å²) in [5.74, 6) is -2.56. The molecule has 0 fully saturated rings. The number of benzene rings is 5. The topological polar surface area (TPSA) is 93.7 Å². The van der Waals surface area contributed by atoms with Crippen molar-refractivity contribution >= 4 is 17.8 Å². The van der Waals surface area contributed by atoms with Gasteiger partial charge in [-0.3, -0.25) is 19.2 Å². The summed E-state index contributed by atoms with van der Waals surface area (Å²) in [5.41, 5.74) is 6.15. The Bertz CT molecular complexity index is 1710. The average molecular weight is 655 g/mol. The van der Waals surface area contributed by atoms with Crippen LogP contribution in [0, 0.1) is 5.92 Å². The molecule has 49 heavy (non-hydrogen) atoms. The normalized spacial score (nSPS) is 12.1. The summed E-state index contributed by atoms with van der Waals surface area (Å²) >= 11 is 0. The quantitative estimate of drug-likeness (QED) is 0.0770. The van der Waals surface area contributed by atoms with Gasteiger partial charge in [-0.05, 0) is 54.2 Å². The highest BCUT2D eigenvalue weighted by atomic mass is 16.7. The van der Waals surface area contributed by atoms with Gasteiger partial charge in [0.05, 0.1) is 12.3 Å². The van der Waals surface area contributed by atoms with E-state index in [4.69, 9.17) is 9.57 Å². The number of esters is 1. The first-order valence-electron chi connectivity index (χ1n) is 16.4. The van der Waals surface area contributed by atoms with Gasteiger partial charge in [-0.15, -0.1) is 0 Å². The SMILES string of the molecule is CC(C)(C)OC(=O)CC(CC(=O)NOC(c1ccccc1)(c1ccccc1)c1ccccc1)C(=O)NCc1ccc(-c2ccccc2)cc1. The van der Waals surface area contributed by atoms with Crippen LogP contribution in [0.3, 0.4) is 0 Å². The number of carbonyl (C=O) groups is 3. The summed E-state index contributed by atoms with van der Waals surface area (Å²) < 4.78 is 5.52. The molecule has 0 radical (unpaired) electrons. The maximum Gasteiger partial charge on any atom is 0.307 e. The number of hydroxylamine groups is 1. The Morgan fingerprint density at radius 2 is 1.04 bits per heavy atom. The van der Waals surface area contributed by atoms with Gasteiger partial charge in [0.2, 0.25) is 11.8 Å². The summed E-state index contributed by atoms with van der Waals surface area (Å²) in [7, 11) is 0. The molecular formula is C42H42N2O5. The molecule has 0 saturated carbocycles. The van der Waals surface area contributed by atoms with Gasteiger partial charge in [0.15, 0.2) is 5.60 Å². The minimum Gasteiger partial charge on any atom is -0.460 e. The summed E-state index contributed by atoms with van der Waals surface area (Å²) in [6, 6.07) is 46.8. The van der Waals surface area contributed by atoms with Crippen LogP contribution < -0.4 is 10.8 Å². The lowest BCUT2D eigenvalue weighted by Crippen LogP contribution is -2.42. The standard InChI is InChI=1S/C42H42N2O5/c1-41(2,3)48-39(46)29-34(40(47)43-30-31-24-26-33(27-25-31)32-16-8-4-9-17-32)28-38(45)44-49-42(35-18-10-5-11-19-35,36-20-12-6-13-21-36)37-22-14-7-15-23-37/h4-27,34H,28-30H2,1-3H3,(H,43,47)(H,44,45). The molecule has 250 valence electrons. The van der Waals surface area contributed by atoms with Crippen LogP contribution in [0.15, 0.2) is 146 Å². The van der Waals surface area contributed by atoms with Crippen LogP contribution in [0.4, 0.5) is 0 Å². The van der Waals surface area contributed by atoms with Crippen molar-refractivity contribution < 1.29 is 24.0 Å². The number of rotatable bonds is 13. The smallest absolute Gasteiger partial charge is 0.307 e. The van der Waals surface area contributed by atoms with Crippen LogP contribution >= 0.6 is 0 Å². The molecule has 5 aromatic carbocycles. The molecule has 1 unspecified atom stereocenters. The number of nitrogens with one attached hydrogen (secondary N) is 2. The van der Waals surface area contributed by atoms with Gasteiger partial charge in [0, 0.05) is 13.0 Å². The predicted molar refractivity (Wildman–Crippen MR) is 191 cm³/mol. The Hall–Kier alpha value is -5.53. The maximum absolute atomic E-state index is 13.6. The molecule has 0 spiro atoms. The maximum atomic E-state index is 13.6. The van der Waals surface area contributed by atoms with E-state index in [1.165, 1.54) is 0 Å². The third kappa shape index (κ3) is 9.30. The van der Waals surface area contributed by atoms with E-state index in [2.05, 4.69) is 10.8 Å². The number of ether oxygens (including phenoxy) is 1. The van der Waals surface area contributed by atoms with E-state index in [1.807, 2.05) is 146 Å². The van der Waals surface area contributed by atoms with Gasteiger partial charge in [-0.25, -0.2) is 5.48 Å². The van der Waals surface area contributed by atoms with Crippen molar-refractivity contribution in [1.29, 1.82) is 0 Å². The van der Waals surface area contributed by atoms with Crippen LogP contribution in [-0.4, -0.2) is 23.4 Å². The highest BCUT2D eigenvalue weighted by molar-refractivity contribution is 5.88. The van der Waals surface area contributed by atoms with Crippen molar-refractivity contribution in [1.82, 2.24) is 10.8 Å². The molecule has 0 bridgehead atoms. The predicted octanol–water partition coefficient (Wildman–Crippen LogP) is 7.75. The third-order valence-electron chi connectivity index (χ3n) is 8.02. The van der Waals surface area contributed by atoms with E-state index in [9.17, 15) is 14.4 Å². The highest BCUT2D eigenvalue weighted by Gasteiger charge is 2.39. The van der Waals surface area contributed by atoms with Gasteiger partial charge in [-0.1, -0.05) is 146 Å². The first-order valence-corrected chi connectivity index (χ1v) is 16.4. The van der Waals surface area contributed by atoms with Crippen LogP contribution in [0.2, 0.25) is 0 Å². The molecule has 1 atom stereocenters. The molecule has 7 heteroatoms. The van der Waals surface area contributed by atoms with E-state index < -0.39 is 34.9 Å². The lowest BCUT2D eigenvalue weighted by atomic mass is 9.80. The third-order valence-corrected chi connectivity index (χ3v) is 8.02. The second kappa shape index (κ2) is 16.0. The Morgan fingerprint density at radius 3 is 1.51 bits per heavy atom. The van der Waals surface area contributed by atoms with Crippen molar-refractivity contribution in [2.24, 2.45) is 5.92 Å². The zero-order valence-corrected chi connectivity index (χ0v) is 28.1. The van der Waals surface area contributed by atoms with Crippen LogP contribution in [-0.2, 0) is 36.1 Å².